The van der Waals surface area contributed by atoms with E-state index in [1.807, 2.05) is 48.5 Å². The van der Waals surface area contributed by atoms with Crippen LogP contribution in [0.4, 0.5) is 11.4 Å². The highest BCUT2D eigenvalue weighted by atomic mass is 35.5. The van der Waals surface area contributed by atoms with Gasteiger partial charge in [-0.1, -0.05) is 48.0 Å². The van der Waals surface area contributed by atoms with Gasteiger partial charge in [-0.05, 0) is 74.5 Å². The Morgan fingerprint density at radius 2 is 1.18 bits per heavy atom. The van der Waals surface area contributed by atoms with Crippen molar-refractivity contribution in [3.8, 4) is 5.75 Å². The molecule has 2 heterocycles. The van der Waals surface area contributed by atoms with Gasteiger partial charge in [0.2, 0.25) is 0 Å². The topological polar surface area (TPSA) is 71.1 Å². The maximum absolute atomic E-state index is 6.26. The first-order valence-corrected chi connectivity index (χ1v) is 14.1. The number of ether oxygens (including phenoxy) is 1. The largest absolute Gasteiger partial charge is 0.497 e. The first kappa shape index (κ1) is 26.1. The summed E-state index contributed by atoms with van der Waals surface area (Å²) in [5, 5.41) is 16.0. The van der Waals surface area contributed by atoms with Gasteiger partial charge in [-0.2, -0.15) is 0 Å². The van der Waals surface area contributed by atoms with E-state index in [2.05, 4.69) is 52.3 Å². The molecule has 6 aromatic rings. The van der Waals surface area contributed by atoms with E-state index in [1.54, 1.807) is 7.11 Å². The molecule has 0 aliphatic carbocycles. The maximum Gasteiger partial charge on any atom is 0.119 e. The van der Waals surface area contributed by atoms with Gasteiger partial charge in [-0.15, -0.1) is 0 Å². The summed E-state index contributed by atoms with van der Waals surface area (Å²) >= 11 is 6.26. The van der Waals surface area contributed by atoms with Crippen molar-refractivity contribution in [3.63, 3.8) is 0 Å². The minimum Gasteiger partial charge on any atom is -0.497 e. The summed E-state index contributed by atoms with van der Waals surface area (Å²) < 4.78 is 5.47. The molecule has 202 valence electrons. The molecule has 0 saturated heterocycles. The number of hydrogen-bond donors (Lipinski definition) is 3. The molecule has 4 aromatic carbocycles. The van der Waals surface area contributed by atoms with Crippen molar-refractivity contribution in [2.24, 2.45) is 0 Å². The Labute approximate surface area is 238 Å². The van der Waals surface area contributed by atoms with Crippen LogP contribution in [0.1, 0.15) is 12.8 Å². The molecule has 0 radical (unpaired) electrons. The molecule has 0 unspecified atom stereocenters. The second kappa shape index (κ2) is 11.9. The minimum atomic E-state index is 0.683. The Kier molecular flexibility index (Phi) is 7.80. The number of methoxy groups -OCH3 is 1. The lowest BCUT2D eigenvalue weighted by Crippen LogP contribution is -2.21. The average Bonchev–Trinajstić information content (AvgIpc) is 2.98. The first-order valence-electron chi connectivity index (χ1n) is 13.7. The molecule has 0 amide bonds. The van der Waals surface area contributed by atoms with Crippen molar-refractivity contribution in [2.45, 2.75) is 12.8 Å². The number of aromatic nitrogens is 2. The van der Waals surface area contributed by atoms with Gasteiger partial charge < -0.3 is 20.7 Å². The van der Waals surface area contributed by atoms with Crippen LogP contribution < -0.4 is 20.7 Å². The molecule has 6 rings (SSSR count). The molecule has 0 fully saturated rings. The molecule has 0 atom stereocenters. The van der Waals surface area contributed by atoms with E-state index >= 15 is 0 Å². The van der Waals surface area contributed by atoms with Crippen LogP contribution in [0, 0.1) is 0 Å². The standard InChI is InChI=1S/C33H32ClN5O/c1-40-23-13-15-30-27(21-23)33(26-14-12-22(34)20-31(26)39-30)37-19-7-17-35-16-6-18-36-32-24-8-2-4-10-28(24)38-29-11-5-3-9-25(29)32/h2-5,8-15,20-21,35H,6-7,16-19H2,1H3,(H,36,38)(H,37,39). The number of para-hydroxylation sites is 2. The molecule has 0 spiro atoms. The van der Waals surface area contributed by atoms with Crippen molar-refractivity contribution < 1.29 is 4.74 Å². The summed E-state index contributed by atoms with van der Waals surface area (Å²) in [6, 6.07) is 28.5. The third-order valence-electron chi connectivity index (χ3n) is 7.19. The fraction of sp³-hybridized carbons (Fsp3) is 0.212. The first-order chi connectivity index (χ1) is 19.7. The minimum absolute atomic E-state index is 0.683. The Balaban J connectivity index is 1.03. The molecule has 3 N–H and O–H groups in total. The Hall–Kier alpha value is -4.13. The van der Waals surface area contributed by atoms with Crippen molar-refractivity contribution in [2.75, 3.05) is 43.9 Å². The number of halogens is 1. The SMILES string of the molecule is COc1ccc2nc3cc(Cl)ccc3c(NCCCNCCCNc3c4ccccc4nc4ccccc34)c2c1. The van der Waals surface area contributed by atoms with E-state index in [0.717, 1.165) is 94.1 Å². The van der Waals surface area contributed by atoms with Gasteiger partial charge in [0.25, 0.3) is 0 Å². The van der Waals surface area contributed by atoms with E-state index < -0.39 is 0 Å². The number of nitrogens with zero attached hydrogens (tertiary/aromatic N) is 2. The summed E-state index contributed by atoms with van der Waals surface area (Å²) in [7, 11) is 1.69. The third-order valence-corrected chi connectivity index (χ3v) is 7.43. The highest BCUT2D eigenvalue weighted by Crippen LogP contribution is 2.34. The van der Waals surface area contributed by atoms with Gasteiger partial charge in [-0.3, -0.25) is 0 Å². The molecular weight excluding hydrogens is 518 g/mol. The number of anilines is 2. The van der Waals surface area contributed by atoms with Crippen LogP contribution >= 0.6 is 11.6 Å². The van der Waals surface area contributed by atoms with Gasteiger partial charge >= 0.3 is 0 Å². The van der Waals surface area contributed by atoms with Crippen LogP contribution in [0.3, 0.4) is 0 Å². The molecule has 40 heavy (non-hydrogen) atoms. The quantitative estimate of drug-likeness (QED) is 0.114. The maximum atomic E-state index is 6.26. The molecule has 7 heteroatoms. The predicted octanol–water partition coefficient (Wildman–Crippen LogP) is 7.65. The molecule has 0 aliphatic rings. The van der Waals surface area contributed by atoms with Crippen molar-refractivity contribution >= 4 is 66.6 Å². The van der Waals surface area contributed by atoms with Crippen LogP contribution in [0.2, 0.25) is 5.02 Å². The van der Waals surface area contributed by atoms with E-state index in [0.29, 0.717) is 5.02 Å². The molecule has 0 bridgehead atoms. The van der Waals surface area contributed by atoms with Crippen LogP contribution in [0.25, 0.3) is 43.6 Å². The van der Waals surface area contributed by atoms with Gasteiger partial charge in [0.05, 0.1) is 40.6 Å². The fourth-order valence-corrected chi connectivity index (χ4v) is 5.39. The third kappa shape index (κ3) is 5.46. The van der Waals surface area contributed by atoms with Crippen LogP contribution in [0.15, 0.2) is 84.9 Å². The zero-order valence-corrected chi connectivity index (χ0v) is 23.3. The second-order valence-corrected chi connectivity index (χ2v) is 10.3. The molecule has 0 aliphatic heterocycles. The van der Waals surface area contributed by atoms with E-state index in [1.165, 1.54) is 5.69 Å². The molecule has 2 aromatic heterocycles. The monoisotopic (exact) mass is 549 g/mol. The van der Waals surface area contributed by atoms with E-state index in [-0.39, 0.29) is 0 Å². The van der Waals surface area contributed by atoms with Crippen LogP contribution in [0.5, 0.6) is 5.75 Å². The summed E-state index contributed by atoms with van der Waals surface area (Å²) in [5.74, 6) is 0.814. The van der Waals surface area contributed by atoms with Gasteiger partial charge in [0.15, 0.2) is 0 Å². The predicted molar refractivity (Wildman–Crippen MR) is 169 cm³/mol. The second-order valence-electron chi connectivity index (χ2n) is 9.86. The zero-order valence-electron chi connectivity index (χ0n) is 22.5. The number of fused-ring (bicyclic) bond motifs is 4. The number of rotatable bonds is 11. The zero-order chi connectivity index (χ0) is 27.3. The van der Waals surface area contributed by atoms with Gasteiger partial charge in [-0.25, -0.2) is 9.97 Å². The number of benzene rings is 4. The van der Waals surface area contributed by atoms with Crippen molar-refractivity contribution in [1.29, 1.82) is 0 Å². The molecular formula is C33H32ClN5O. The highest BCUT2D eigenvalue weighted by Gasteiger charge is 2.11. The lowest BCUT2D eigenvalue weighted by atomic mass is 10.1. The summed E-state index contributed by atoms with van der Waals surface area (Å²) in [4.78, 5) is 9.63. The van der Waals surface area contributed by atoms with Gasteiger partial charge in [0, 0.05) is 39.7 Å². The number of pyridine rings is 2. The van der Waals surface area contributed by atoms with Crippen molar-refractivity contribution in [3.05, 3.63) is 90.0 Å². The lowest BCUT2D eigenvalue weighted by molar-refractivity contribution is 0.415. The normalized spacial score (nSPS) is 11.4. The Bertz CT molecular complexity index is 1750. The Morgan fingerprint density at radius 1 is 0.600 bits per heavy atom. The van der Waals surface area contributed by atoms with Crippen LogP contribution in [-0.2, 0) is 0 Å². The van der Waals surface area contributed by atoms with Crippen molar-refractivity contribution in [1.82, 2.24) is 15.3 Å². The average molecular weight is 550 g/mol. The summed E-state index contributed by atoms with van der Waals surface area (Å²) in [6.45, 7) is 3.62. The van der Waals surface area contributed by atoms with E-state index in [9.17, 15) is 0 Å². The molecule has 0 saturated carbocycles. The van der Waals surface area contributed by atoms with E-state index in [4.69, 9.17) is 26.3 Å². The summed E-state index contributed by atoms with van der Waals surface area (Å²) in [6.07, 6.45) is 2.02. The van der Waals surface area contributed by atoms with Crippen LogP contribution in [-0.4, -0.2) is 43.3 Å². The smallest absolute Gasteiger partial charge is 0.119 e. The number of nitrogens with one attached hydrogen (secondary N) is 3. The van der Waals surface area contributed by atoms with Gasteiger partial charge in [0.1, 0.15) is 5.75 Å². The summed E-state index contributed by atoms with van der Waals surface area (Å²) in [5.41, 5.74) is 6.07. The highest BCUT2D eigenvalue weighted by molar-refractivity contribution is 6.31. The molecule has 6 nitrogen and oxygen atoms in total. The Morgan fingerprint density at radius 3 is 1.85 bits per heavy atom. The number of hydrogen-bond acceptors (Lipinski definition) is 6. The lowest BCUT2D eigenvalue weighted by Gasteiger charge is -2.15. The fourth-order valence-electron chi connectivity index (χ4n) is 5.22.